The van der Waals surface area contributed by atoms with Crippen LogP contribution >= 0.6 is 0 Å². The molecule has 0 bridgehead atoms. The average Bonchev–Trinajstić information content (AvgIpc) is 2.93. The topological polar surface area (TPSA) is 101 Å². The maximum Gasteiger partial charge on any atom is 0.254 e. The zero-order valence-electron chi connectivity index (χ0n) is 14.0. The van der Waals surface area contributed by atoms with Gasteiger partial charge in [0, 0.05) is 24.7 Å². The normalized spacial score (nSPS) is 19.5. The van der Waals surface area contributed by atoms with Crippen LogP contribution in [0.1, 0.15) is 23.7 Å². The van der Waals surface area contributed by atoms with Gasteiger partial charge in [-0.3, -0.25) is 4.79 Å². The lowest BCUT2D eigenvalue weighted by Crippen LogP contribution is -2.41. The largest absolute Gasteiger partial charge is 0.335 e. The van der Waals surface area contributed by atoms with E-state index in [1.165, 1.54) is 35.2 Å². The Kier molecular flexibility index (Phi) is 6.02. The van der Waals surface area contributed by atoms with Gasteiger partial charge in [0.2, 0.25) is 10.0 Å². The van der Waals surface area contributed by atoms with Gasteiger partial charge in [0.25, 0.3) is 5.91 Å². The standard InChI is InChI=1S/C16H22N2O5S2/c1-3-9-17-25(22,23)15-7-5-6-13(11-15)16(19)18(4-2)14-8-10-24(20,21)12-14/h3,5-7,11,14,17H,1,4,8-10,12H2,2H3. The summed E-state index contributed by atoms with van der Waals surface area (Å²) < 4.78 is 50.1. The molecule has 1 heterocycles. The summed E-state index contributed by atoms with van der Waals surface area (Å²) in [6.07, 6.45) is 1.83. The quantitative estimate of drug-likeness (QED) is 0.699. The third-order valence-electron chi connectivity index (χ3n) is 4.06. The molecule has 1 amide bonds. The van der Waals surface area contributed by atoms with Gasteiger partial charge in [-0.1, -0.05) is 12.1 Å². The Labute approximate surface area is 148 Å². The van der Waals surface area contributed by atoms with E-state index in [9.17, 15) is 21.6 Å². The first-order chi connectivity index (χ1) is 11.7. The van der Waals surface area contributed by atoms with E-state index >= 15 is 0 Å². The second kappa shape index (κ2) is 7.67. The summed E-state index contributed by atoms with van der Waals surface area (Å²) in [7, 11) is -6.85. The van der Waals surface area contributed by atoms with Gasteiger partial charge in [0.05, 0.1) is 16.4 Å². The molecular formula is C16H22N2O5S2. The number of rotatable bonds is 7. The number of hydrogen-bond acceptors (Lipinski definition) is 5. The summed E-state index contributed by atoms with van der Waals surface area (Å²) in [5, 5.41) is 0. The van der Waals surface area contributed by atoms with E-state index < -0.39 is 19.9 Å². The van der Waals surface area contributed by atoms with Crippen LogP contribution in [0, 0.1) is 0 Å². The van der Waals surface area contributed by atoms with Crippen molar-refractivity contribution >= 4 is 25.8 Å². The van der Waals surface area contributed by atoms with Gasteiger partial charge in [0.1, 0.15) is 0 Å². The Morgan fingerprint density at radius 2 is 2.16 bits per heavy atom. The smallest absolute Gasteiger partial charge is 0.254 e. The lowest BCUT2D eigenvalue weighted by Gasteiger charge is -2.27. The van der Waals surface area contributed by atoms with Crippen LogP contribution < -0.4 is 4.72 Å². The van der Waals surface area contributed by atoms with E-state index in [4.69, 9.17) is 0 Å². The second-order valence-electron chi connectivity index (χ2n) is 5.82. The minimum absolute atomic E-state index is 0.0182. The molecule has 9 heteroatoms. The van der Waals surface area contributed by atoms with E-state index in [0.717, 1.165) is 0 Å². The average molecular weight is 386 g/mol. The van der Waals surface area contributed by atoms with Crippen molar-refractivity contribution in [3.8, 4) is 0 Å². The molecule has 0 radical (unpaired) electrons. The van der Waals surface area contributed by atoms with Crippen LogP contribution in [0.15, 0.2) is 41.8 Å². The molecule has 138 valence electrons. The molecule has 1 aliphatic heterocycles. The van der Waals surface area contributed by atoms with Crippen LogP contribution in [0.25, 0.3) is 0 Å². The van der Waals surface area contributed by atoms with Gasteiger partial charge in [-0.2, -0.15) is 0 Å². The maximum absolute atomic E-state index is 12.8. The Morgan fingerprint density at radius 1 is 1.44 bits per heavy atom. The fourth-order valence-corrected chi connectivity index (χ4v) is 5.58. The first kappa shape index (κ1) is 19.6. The molecule has 1 fully saturated rings. The number of hydrogen-bond donors (Lipinski definition) is 1. The molecule has 25 heavy (non-hydrogen) atoms. The van der Waals surface area contributed by atoms with Crippen molar-refractivity contribution in [2.24, 2.45) is 0 Å². The van der Waals surface area contributed by atoms with Crippen molar-refractivity contribution in [3.63, 3.8) is 0 Å². The number of carbonyl (C=O) groups excluding carboxylic acids is 1. The summed E-state index contributed by atoms with van der Waals surface area (Å²) in [6, 6.07) is 5.36. The molecule has 0 aliphatic carbocycles. The summed E-state index contributed by atoms with van der Waals surface area (Å²) in [5.74, 6) is -0.349. The lowest BCUT2D eigenvalue weighted by molar-refractivity contribution is 0.0708. The van der Waals surface area contributed by atoms with Gasteiger partial charge < -0.3 is 4.90 Å². The minimum atomic E-state index is -3.74. The summed E-state index contributed by atoms with van der Waals surface area (Å²) in [4.78, 5) is 14.2. The molecule has 1 aliphatic rings. The Morgan fingerprint density at radius 3 is 2.72 bits per heavy atom. The predicted octanol–water partition coefficient (Wildman–Crippen LogP) is 0.800. The summed E-state index contributed by atoms with van der Waals surface area (Å²) >= 11 is 0. The van der Waals surface area contributed by atoms with Crippen molar-refractivity contribution in [1.29, 1.82) is 0 Å². The molecular weight excluding hydrogens is 364 g/mol. The van der Waals surface area contributed by atoms with Crippen LogP contribution in [0.5, 0.6) is 0 Å². The van der Waals surface area contributed by atoms with Crippen LogP contribution in [-0.2, 0) is 19.9 Å². The third kappa shape index (κ3) is 4.68. The monoisotopic (exact) mass is 386 g/mol. The Balaban J connectivity index is 2.27. The zero-order valence-corrected chi connectivity index (χ0v) is 15.6. The molecule has 0 saturated carbocycles. The summed E-state index contributed by atoms with van der Waals surface area (Å²) in [6.45, 7) is 5.67. The van der Waals surface area contributed by atoms with Crippen LogP contribution in [0.2, 0.25) is 0 Å². The zero-order chi connectivity index (χ0) is 18.7. The summed E-state index contributed by atoms with van der Waals surface area (Å²) in [5.41, 5.74) is 0.215. The molecule has 2 rings (SSSR count). The van der Waals surface area contributed by atoms with Crippen LogP contribution in [0.4, 0.5) is 0 Å². The Hall–Kier alpha value is -1.71. The van der Waals surface area contributed by atoms with Crippen molar-refractivity contribution in [2.45, 2.75) is 24.3 Å². The van der Waals surface area contributed by atoms with Crippen LogP contribution in [-0.4, -0.2) is 58.3 Å². The molecule has 1 N–H and O–H groups in total. The van der Waals surface area contributed by atoms with E-state index in [0.29, 0.717) is 13.0 Å². The molecule has 7 nitrogen and oxygen atoms in total. The number of amides is 1. The molecule has 0 aromatic heterocycles. The van der Waals surface area contributed by atoms with Crippen molar-refractivity contribution in [1.82, 2.24) is 9.62 Å². The Bertz CT molecular complexity index is 862. The highest BCUT2D eigenvalue weighted by Gasteiger charge is 2.34. The van der Waals surface area contributed by atoms with Crippen molar-refractivity contribution in [2.75, 3.05) is 24.6 Å². The fourth-order valence-electron chi connectivity index (χ4n) is 2.80. The number of nitrogens with one attached hydrogen (secondary N) is 1. The number of nitrogens with zero attached hydrogens (tertiary/aromatic N) is 1. The van der Waals surface area contributed by atoms with Crippen LogP contribution in [0.3, 0.4) is 0 Å². The third-order valence-corrected chi connectivity index (χ3v) is 7.23. The van der Waals surface area contributed by atoms with Gasteiger partial charge >= 0.3 is 0 Å². The van der Waals surface area contributed by atoms with Gasteiger partial charge in [-0.25, -0.2) is 21.6 Å². The molecule has 1 saturated heterocycles. The number of carbonyl (C=O) groups is 1. The number of benzene rings is 1. The maximum atomic E-state index is 12.8. The van der Waals surface area contributed by atoms with Gasteiger partial charge in [0.15, 0.2) is 9.84 Å². The first-order valence-electron chi connectivity index (χ1n) is 7.92. The predicted molar refractivity (Wildman–Crippen MR) is 95.6 cm³/mol. The SMILES string of the molecule is C=CCNS(=O)(=O)c1cccc(C(=O)N(CC)C2CCS(=O)(=O)C2)c1. The van der Waals surface area contributed by atoms with Gasteiger partial charge in [-0.05, 0) is 31.5 Å². The van der Waals surface area contributed by atoms with E-state index in [-0.39, 0.29) is 40.5 Å². The van der Waals surface area contributed by atoms with E-state index in [1.54, 1.807) is 6.92 Å². The van der Waals surface area contributed by atoms with E-state index in [2.05, 4.69) is 11.3 Å². The van der Waals surface area contributed by atoms with Crippen molar-refractivity contribution in [3.05, 3.63) is 42.5 Å². The first-order valence-corrected chi connectivity index (χ1v) is 11.2. The highest BCUT2D eigenvalue weighted by atomic mass is 32.2. The molecule has 1 aromatic rings. The lowest BCUT2D eigenvalue weighted by atomic mass is 10.1. The molecule has 1 atom stereocenters. The number of sulfonamides is 1. The molecule has 1 aromatic carbocycles. The fraction of sp³-hybridized carbons (Fsp3) is 0.438. The van der Waals surface area contributed by atoms with E-state index in [1.807, 2.05) is 0 Å². The van der Waals surface area contributed by atoms with Gasteiger partial charge in [-0.15, -0.1) is 6.58 Å². The molecule has 1 unspecified atom stereocenters. The minimum Gasteiger partial charge on any atom is -0.335 e. The van der Waals surface area contributed by atoms with Crippen molar-refractivity contribution < 1.29 is 21.6 Å². The highest BCUT2D eigenvalue weighted by molar-refractivity contribution is 7.91. The second-order valence-corrected chi connectivity index (χ2v) is 9.81. The highest BCUT2D eigenvalue weighted by Crippen LogP contribution is 2.21. The molecule has 0 spiro atoms. The number of sulfone groups is 1.